The Labute approximate surface area is 527 Å². The predicted molar refractivity (Wildman–Crippen MR) is 360 cm³/mol. The number of aryl methyl sites for hydroxylation is 1. The summed E-state index contributed by atoms with van der Waals surface area (Å²) in [5.74, 6) is 2.19. The van der Waals surface area contributed by atoms with E-state index < -0.39 is 19.0 Å². The lowest BCUT2D eigenvalue weighted by Gasteiger charge is -2.36. The smallest absolute Gasteiger partial charge is 0.308 e. The fourth-order valence-corrected chi connectivity index (χ4v) is 14.2. The number of alkyl halides is 3. The molecule has 0 radical (unpaired) electrons. The first-order chi connectivity index (χ1) is 40.8. The third-order valence-corrected chi connectivity index (χ3v) is 20.4. The molecule has 3 aliphatic rings. The van der Waals surface area contributed by atoms with Crippen molar-refractivity contribution in [1.29, 1.82) is 0 Å². The number of hydrogen-bond acceptors (Lipinski definition) is 6. The second-order valence-electron chi connectivity index (χ2n) is 29.8. The van der Waals surface area contributed by atoms with Crippen LogP contribution in [0.3, 0.4) is 0 Å². The highest BCUT2D eigenvalue weighted by Crippen LogP contribution is 2.52. The Kier molecular flexibility index (Phi) is 29.2. The van der Waals surface area contributed by atoms with Crippen LogP contribution in [0, 0.1) is 42.4 Å². The van der Waals surface area contributed by atoms with Gasteiger partial charge in [-0.1, -0.05) is 205 Å². The highest BCUT2D eigenvalue weighted by Gasteiger charge is 2.39. The number of hydrogen-bond donors (Lipinski definition) is 4. The van der Waals surface area contributed by atoms with Gasteiger partial charge < -0.3 is 25.2 Å². The Bertz CT molecular complexity index is 2610. The number of phenols is 4. The number of phenolic OH excluding ortho intramolecular Hbond substituents is 4. The number of unbranched alkanes of at least 4 members (excludes halogenated alkanes) is 9. The second-order valence-corrected chi connectivity index (χ2v) is 29.8. The minimum absolute atomic E-state index is 0.00569. The maximum absolute atomic E-state index is 14.5. The first-order valence-electron chi connectivity index (χ1n) is 34.1. The monoisotopic (exact) mass is 1210 g/mol. The Balaban J connectivity index is 0.000000280. The van der Waals surface area contributed by atoms with Gasteiger partial charge in [0.15, 0.2) is 0 Å². The van der Waals surface area contributed by atoms with Gasteiger partial charge in [0.25, 0.3) is 0 Å². The lowest BCUT2D eigenvalue weighted by molar-refractivity contribution is -0.132. The van der Waals surface area contributed by atoms with E-state index in [4.69, 9.17) is 4.74 Å². The van der Waals surface area contributed by atoms with Crippen LogP contribution < -0.4 is 4.74 Å². The molecule has 9 heteroatoms. The van der Waals surface area contributed by atoms with Crippen molar-refractivity contribution >= 4 is 5.97 Å². The normalized spacial score (nSPS) is 21.8. The number of rotatable bonds is 26. The van der Waals surface area contributed by atoms with Crippen LogP contribution in [0.2, 0.25) is 0 Å². The van der Waals surface area contributed by atoms with E-state index in [9.17, 15) is 38.4 Å². The minimum Gasteiger partial charge on any atom is -0.507 e. The van der Waals surface area contributed by atoms with Gasteiger partial charge in [-0.15, -0.1) is 0 Å². The van der Waals surface area contributed by atoms with Gasteiger partial charge in [0.2, 0.25) is 0 Å². The molecule has 0 bridgehead atoms. The van der Waals surface area contributed by atoms with E-state index in [0.717, 1.165) is 78.3 Å². The lowest BCUT2D eigenvalue weighted by Crippen LogP contribution is -2.28. The number of benzene rings is 3. The SMILES string of the molecule is CCCCCCC(C)(C)c1cc(C)c(C2C=C(C)C(F)C[C@H]2C(C)C)c(OC(C)=O)c1.CCCCCCC(C)(C)c1cc(O)c(C2C=C(C)C(F)C[C@H]2C(C)C)c(O)c1.CCCCCCC(C)(C)c1cc(O)c([C@H]2C=C(CF)CCC2C(C)C)c(O)c1. The molecule has 6 nitrogen and oxygen atoms in total. The fourth-order valence-electron chi connectivity index (χ4n) is 14.2. The molecule has 6 rings (SSSR count). The zero-order valence-corrected chi connectivity index (χ0v) is 57.9. The fraction of sp³-hybridized carbons (Fsp3) is 0.679. The van der Waals surface area contributed by atoms with Gasteiger partial charge in [-0.25, -0.2) is 13.2 Å². The highest BCUT2D eigenvalue weighted by atomic mass is 19.1. The minimum atomic E-state index is -0.936. The van der Waals surface area contributed by atoms with Crippen LogP contribution in [-0.2, 0) is 21.0 Å². The topological polar surface area (TPSA) is 107 Å². The third kappa shape index (κ3) is 20.7. The van der Waals surface area contributed by atoms with Crippen molar-refractivity contribution in [2.45, 2.75) is 300 Å². The van der Waals surface area contributed by atoms with E-state index >= 15 is 0 Å². The van der Waals surface area contributed by atoms with Crippen molar-refractivity contribution < 1.29 is 43.1 Å². The molecule has 5 unspecified atom stereocenters. The van der Waals surface area contributed by atoms with Crippen LogP contribution in [0.15, 0.2) is 71.3 Å². The van der Waals surface area contributed by atoms with E-state index in [1.807, 2.05) is 43.3 Å². The van der Waals surface area contributed by atoms with Gasteiger partial charge in [0.05, 0.1) is 0 Å². The molecule has 87 heavy (non-hydrogen) atoms. The third-order valence-electron chi connectivity index (χ3n) is 20.4. The van der Waals surface area contributed by atoms with Gasteiger partial charge in [-0.05, 0) is 187 Å². The van der Waals surface area contributed by atoms with Crippen LogP contribution in [0.25, 0.3) is 0 Å². The lowest BCUT2D eigenvalue weighted by atomic mass is 9.69. The molecule has 3 aliphatic carbocycles. The molecular weight excluding hydrogens is 1090 g/mol. The maximum atomic E-state index is 14.5. The number of carbonyl (C=O) groups excluding carboxylic acids is 1. The van der Waals surface area contributed by atoms with Crippen molar-refractivity contribution in [1.82, 2.24) is 0 Å². The molecule has 3 aromatic rings. The molecule has 0 heterocycles. The molecule has 490 valence electrons. The molecule has 0 spiro atoms. The van der Waals surface area contributed by atoms with Crippen molar-refractivity contribution in [3.8, 4) is 28.7 Å². The predicted octanol–water partition coefficient (Wildman–Crippen LogP) is 23.0. The van der Waals surface area contributed by atoms with E-state index in [0.29, 0.717) is 53.0 Å². The largest absolute Gasteiger partial charge is 0.507 e. The first kappa shape index (κ1) is 74.8. The van der Waals surface area contributed by atoms with Gasteiger partial charge in [-0.2, -0.15) is 0 Å². The van der Waals surface area contributed by atoms with E-state index in [2.05, 4.69) is 129 Å². The standard InChI is InChI=1S/C28H43FO2.2C25H39FO2/c1-9-10-11-12-13-28(7,8)22-14-20(5)27(26(16-22)31-21(6)30)24-15-19(4)25(29)17-23(24)18(2)3;1-7-8-9-10-11-25(5,6)18-13-22(27)24(23(28)14-18)20-12-17(4)21(26)15-19(20)16(2)3;1-6-7-8-9-12-25(4,5)19-14-22(27)24(23(28)15-19)21-13-18(16-26)10-11-20(21)17(2)3/h14-16,18,23-25H,9-13,17H2,1-8H3;12-14,16,19-21,27-28H,7-11,15H2,1-6H3;13-15,17,20-21,27-28H,6-12,16H2,1-5H3/t23-,24?,25?;19-,20?,21?;20?,21-/m000/s1. The highest BCUT2D eigenvalue weighted by molar-refractivity contribution is 5.71. The Morgan fingerprint density at radius 3 is 1.20 bits per heavy atom. The molecule has 3 aromatic carbocycles. The van der Waals surface area contributed by atoms with Crippen LogP contribution in [-0.4, -0.2) is 45.4 Å². The molecule has 0 saturated carbocycles. The Morgan fingerprint density at radius 2 is 0.862 bits per heavy atom. The quantitative estimate of drug-likeness (QED) is 0.0276. The summed E-state index contributed by atoms with van der Waals surface area (Å²) >= 11 is 0. The van der Waals surface area contributed by atoms with Gasteiger partial charge >= 0.3 is 5.97 Å². The average Bonchev–Trinajstić information content (AvgIpc) is 0.942. The first-order valence-corrected chi connectivity index (χ1v) is 34.1. The zero-order valence-electron chi connectivity index (χ0n) is 57.9. The van der Waals surface area contributed by atoms with Crippen LogP contribution in [0.1, 0.15) is 303 Å². The summed E-state index contributed by atoms with van der Waals surface area (Å²) in [5, 5.41) is 43.5. The van der Waals surface area contributed by atoms with Gasteiger partial charge in [0, 0.05) is 41.4 Å². The Hall–Kier alpha value is -4.66. The summed E-state index contributed by atoms with van der Waals surface area (Å²) in [6.07, 6.45) is 24.4. The Morgan fingerprint density at radius 1 is 0.517 bits per heavy atom. The molecular formula is C78H121F3O6. The molecule has 0 fully saturated rings. The summed E-state index contributed by atoms with van der Waals surface area (Å²) in [6, 6.07) is 11.6. The zero-order chi connectivity index (χ0) is 65.3. The molecule has 0 aromatic heterocycles. The number of aromatic hydroxyl groups is 4. The maximum Gasteiger partial charge on any atom is 0.308 e. The molecule has 0 amide bonds. The number of ether oxygens (including phenoxy) is 1. The number of carbonyl (C=O) groups is 1. The summed E-state index contributed by atoms with van der Waals surface area (Å²) < 4.78 is 47.9. The van der Waals surface area contributed by atoms with Crippen molar-refractivity contribution in [2.24, 2.45) is 35.5 Å². The molecule has 8 atom stereocenters. The molecule has 0 saturated heterocycles. The van der Waals surface area contributed by atoms with Crippen molar-refractivity contribution in [3.63, 3.8) is 0 Å². The summed E-state index contributed by atoms with van der Waals surface area (Å²) in [5.41, 5.74) is 8.49. The number of allylic oxidation sites excluding steroid dienone is 6. The van der Waals surface area contributed by atoms with Crippen molar-refractivity contribution in [2.75, 3.05) is 6.67 Å². The number of esters is 1. The molecule has 0 aliphatic heterocycles. The van der Waals surface area contributed by atoms with E-state index in [1.165, 1.54) is 76.7 Å². The molecule has 4 N–H and O–H groups in total. The van der Waals surface area contributed by atoms with E-state index in [1.54, 1.807) is 6.92 Å². The number of halogens is 3. The van der Waals surface area contributed by atoms with E-state index in [-0.39, 0.29) is 80.7 Å². The van der Waals surface area contributed by atoms with Gasteiger partial charge in [0.1, 0.15) is 47.8 Å². The van der Waals surface area contributed by atoms with Crippen LogP contribution in [0.4, 0.5) is 13.2 Å². The average molecular weight is 1210 g/mol. The van der Waals surface area contributed by atoms with Crippen LogP contribution in [0.5, 0.6) is 28.7 Å². The summed E-state index contributed by atoms with van der Waals surface area (Å²) in [4.78, 5) is 12.0. The summed E-state index contributed by atoms with van der Waals surface area (Å²) in [7, 11) is 0. The van der Waals surface area contributed by atoms with Crippen molar-refractivity contribution in [3.05, 3.63) is 110 Å². The summed E-state index contributed by atoms with van der Waals surface area (Å²) in [6.45, 7) is 39.5. The van der Waals surface area contributed by atoms with Crippen LogP contribution >= 0.6 is 0 Å². The second kappa shape index (κ2) is 34.0. The van der Waals surface area contributed by atoms with Gasteiger partial charge in [-0.3, -0.25) is 4.79 Å².